The maximum absolute atomic E-state index is 5.85. The maximum Gasteiger partial charge on any atom is 0.165 e. The van der Waals surface area contributed by atoms with Crippen LogP contribution in [0.1, 0.15) is 38.4 Å². The van der Waals surface area contributed by atoms with Gasteiger partial charge in [0.05, 0.1) is 16.9 Å². The van der Waals surface area contributed by atoms with Crippen LogP contribution in [0, 0.1) is 0 Å². The largest absolute Gasteiger partial charge is 0.453 e. The van der Waals surface area contributed by atoms with Crippen molar-refractivity contribution in [2.75, 3.05) is 0 Å². The van der Waals surface area contributed by atoms with Gasteiger partial charge in [-0.05, 0) is 54.4 Å². The van der Waals surface area contributed by atoms with E-state index in [2.05, 4.69) is 34.9 Å². The van der Waals surface area contributed by atoms with Crippen molar-refractivity contribution in [3.05, 3.63) is 40.6 Å². The molecule has 19 heavy (non-hydrogen) atoms. The average molecular weight is 324 g/mol. The summed E-state index contributed by atoms with van der Waals surface area (Å²) in [6.45, 7) is 6.10. The summed E-state index contributed by atoms with van der Waals surface area (Å²) in [5.41, 5.74) is 6.91. The van der Waals surface area contributed by atoms with E-state index < -0.39 is 0 Å². The fraction of sp³-hybridized carbons (Fsp3) is 0.357. The van der Waals surface area contributed by atoms with E-state index in [1.807, 2.05) is 36.0 Å². The zero-order valence-electron chi connectivity index (χ0n) is 11.3. The fourth-order valence-corrected chi connectivity index (χ4v) is 2.14. The van der Waals surface area contributed by atoms with Gasteiger partial charge in [-0.15, -0.1) is 0 Å². The first-order valence-electron chi connectivity index (χ1n) is 6.24. The van der Waals surface area contributed by atoms with Gasteiger partial charge in [0.1, 0.15) is 5.75 Å². The lowest BCUT2D eigenvalue weighted by Gasteiger charge is -2.10. The molecule has 0 amide bonds. The molecular formula is C14H18BrN3O. The average Bonchev–Trinajstić information content (AvgIpc) is 2.80. The Morgan fingerprint density at radius 3 is 2.58 bits per heavy atom. The van der Waals surface area contributed by atoms with Crippen LogP contribution in [0.5, 0.6) is 11.5 Å². The predicted molar refractivity (Wildman–Crippen MR) is 79.4 cm³/mol. The standard InChI is InChI=1S/C14H18BrN3O/c1-9(2)18-8-12(7-17-18)19-14-5-4-11(10(3)16)6-13(14)15/h4-10H,16H2,1-3H3/t10-/m1/s1. The molecule has 0 saturated heterocycles. The minimum atomic E-state index is 0.00837. The van der Waals surface area contributed by atoms with Crippen LogP contribution < -0.4 is 10.5 Å². The summed E-state index contributed by atoms with van der Waals surface area (Å²) >= 11 is 3.50. The van der Waals surface area contributed by atoms with Crippen LogP contribution in [0.15, 0.2) is 35.1 Å². The Balaban J connectivity index is 2.18. The molecule has 0 saturated carbocycles. The zero-order valence-corrected chi connectivity index (χ0v) is 12.9. The van der Waals surface area contributed by atoms with Crippen molar-refractivity contribution in [2.24, 2.45) is 5.73 Å². The number of benzene rings is 1. The second-order valence-electron chi connectivity index (χ2n) is 4.83. The molecule has 1 aromatic carbocycles. The SMILES string of the molecule is CC(C)n1cc(Oc2ccc([C@@H](C)N)cc2Br)cn1. The van der Waals surface area contributed by atoms with Crippen molar-refractivity contribution in [1.82, 2.24) is 9.78 Å². The number of nitrogens with two attached hydrogens (primary N) is 1. The number of aromatic nitrogens is 2. The minimum absolute atomic E-state index is 0.00837. The van der Waals surface area contributed by atoms with Gasteiger partial charge in [-0.3, -0.25) is 4.68 Å². The normalized spacial score (nSPS) is 12.7. The van der Waals surface area contributed by atoms with E-state index in [0.29, 0.717) is 6.04 Å². The smallest absolute Gasteiger partial charge is 0.165 e. The molecule has 1 heterocycles. The Morgan fingerprint density at radius 1 is 1.32 bits per heavy atom. The van der Waals surface area contributed by atoms with Gasteiger partial charge in [0.25, 0.3) is 0 Å². The van der Waals surface area contributed by atoms with Crippen LogP contribution in [0.2, 0.25) is 0 Å². The number of ether oxygens (including phenoxy) is 1. The molecule has 0 aliphatic rings. The molecule has 0 unspecified atom stereocenters. The van der Waals surface area contributed by atoms with Gasteiger partial charge in [0.15, 0.2) is 5.75 Å². The molecule has 0 spiro atoms. The molecule has 0 radical (unpaired) electrons. The van der Waals surface area contributed by atoms with Crippen LogP contribution in [-0.4, -0.2) is 9.78 Å². The topological polar surface area (TPSA) is 53.1 Å². The van der Waals surface area contributed by atoms with E-state index in [0.717, 1.165) is 21.5 Å². The number of rotatable bonds is 4. The van der Waals surface area contributed by atoms with E-state index in [4.69, 9.17) is 10.5 Å². The van der Waals surface area contributed by atoms with Gasteiger partial charge >= 0.3 is 0 Å². The van der Waals surface area contributed by atoms with Gasteiger partial charge in [-0.25, -0.2) is 0 Å². The van der Waals surface area contributed by atoms with Crippen molar-refractivity contribution in [3.63, 3.8) is 0 Å². The summed E-state index contributed by atoms with van der Waals surface area (Å²) in [6.07, 6.45) is 3.60. The minimum Gasteiger partial charge on any atom is -0.453 e. The highest BCUT2D eigenvalue weighted by Crippen LogP contribution is 2.31. The Labute approximate surface area is 121 Å². The number of hydrogen-bond donors (Lipinski definition) is 1. The van der Waals surface area contributed by atoms with Crippen molar-refractivity contribution in [1.29, 1.82) is 0 Å². The van der Waals surface area contributed by atoms with Crippen LogP contribution in [-0.2, 0) is 0 Å². The first kappa shape index (κ1) is 14.1. The van der Waals surface area contributed by atoms with Gasteiger partial charge in [0, 0.05) is 12.1 Å². The van der Waals surface area contributed by atoms with E-state index >= 15 is 0 Å². The number of nitrogens with zero attached hydrogens (tertiary/aromatic N) is 2. The monoisotopic (exact) mass is 323 g/mol. The van der Waals surface area contributed by atoms with Gasteiger partial charge in [-0.1, -0.05) is 6.07 Å². The third-order valence-corrected chi connectivity index (χ3v) is 3.44. The van der Waals surface area contributed by atoms with Gasteiger partial charge < -0.3 is 10.5 Å². The lowest BCUT2D eigenvalue weighted by Crippen LogP contribution is -2.04. The molecule has 0 bridgehead atoms. The van der Waals surface area contributed by atoms with Crippen LogP contribution in [0.4, 0.5) is 0 Å². The quantitative estimate of drug-likeness (QED) is 0.923. The van der Waals surface area contributed by atoms with Crippen LogP contribution in [0.25, 0.3) is 0 Å². The number of hydrogen-bond acceptors (Lipinski definition) is 3. The lowest BCUT2D eigenvalue weighted by atomic mass is 10.1. The van der Waals surface area contributed by atoms with E-state index in [-0.39, 0.29) is 6.04 Å². The van der Waals surface area contributed by atoms with E-state index in [1.165, 1.54) is 0 Å². The molecule has 2 aromatic rings. The van der Waals surface area contributed by atoms with Crippen molar-refractivity contribution in [3.8, 4) is 11.5 Å². The highest BCUT2D eigenvalue weighted by Gasteiger charge is 2.08. The molecule has 0 fully saturated rings. The van der Waals surface area contributed by atoms with Crippen molar-refractivity contribution in [2.45, 2.75) is 32.9 Å². The van der Waals surface area contributed by atoms with Crippen LogP contribution in [0.3, 0.4) is 0 Å². The summed E-state index contributed by atoms with van der Waals surface area (Å²) in [5.74, 6) is 1.48. The summed E-state index contributed by atoms with van der Waals surface area (Å²) in [6, 6.07) is 6.19. The molecule has 0 aliphatic carbocycles. The second kappa shape index (κ2) is 5.75. The summed E-state index contributed by atoms with van der Waals surface area (Å²) in [4.78, 5) is 0. The van der Waals surface area contributed by atoms with Crippen molar-refractivity contribution >= 4 is 15.9 Å². The Bertz CT molecular complexity index is 564. The Kier molecular flexibility index (Phi) is 4.27. The molecule has 1 aromatic heterocycles. The fourth-order valence-electron chi connectivity index (χ4n) is 1.67. The third kappa shape index (κ3) is 3.36. The van der Waals surface area contributed by atoms with Gasteiger partial charge in [-0.2, -0.15) is 5.10 Å². The molecule has 1 atom stereocenters. The van der Waals surface area contributed by atoms with Gasteiger partial charge in [0.2, 0.25) is 0 Å². The zero-order chi connectivity index (χ0) is 14.0. The number of halogens is 1. The molecular weight excluding hydrogens is 306 g/mol. The first-order valence-corrected chi connectivity index (χ1v) is 7.03. The Morgan fingerprint density at radius 2 is 2.05 bits per heavy atom. The third-order valence-electron chi connectivity index (χ3n) is 2.82. The highest BCUT2D eigenvalue weighted by molar-refractivity contribution is 9.10. The molecule has 102 valence electrons. The predicted octanol–water partition coefficient (Wildman–Crippen LogP) is 4.04. The van der Waals surface area contributed by atoms with E-state index in [1.54, 1.807) is 6.20 Å². The summed E-state index contributed by atoms with van der Waals surface area (Å²) in [5, 5.41) is 4.24. The molecule has 5 heteroatoms. The lowest BCUT2D eigenvalue weighted by molar-refractivity contribution is 0.474. The van der Waals surface area contributed by atoms with Crippen LogP contribution >= 0.6 is 15.9 Å². The first-order chi connectivity index (χ1) is 8.97. The second-order valence-corrected chi connectivity index (χ2v) is 5.68. The molecule has 2 N–H and O–H groups in total. The maximum atomic E-state index is 5.85. The van der Waals surface area contributed by atoms with Crippen molar-refractivity contribution < 1.29 is 4.74 Å². The Hall–Kier alpha value is -1.33. The molecule has 0 aliphatic heterocycles. The van der Waals surface area contributed by atoms with E-state index in [9.17, 15) is 0 Å². The molecule has 2 rings (SSSR count). The highest BCUT2D eigenvalue weighted by atomic mass is 79.9. The summed E-state index contributed by atoms with van der Waals surface area (Å²) < 4.78 is 8.55. The molecule has 4 nitrogen and oxygen atoms in total. The summed E-state index contributed by atoms with van der Waals surface area (Å²) in [7, 11) is 0.